The normalized spacial score (nSPS) is 18.2. The maximum atomic E-state index is 12.8. The summed E-state index contributed by atoms with van der Waals surface area (Å²) >= 11 is 0. The lowest BCUT2D eigenvalue weighted by Gasteiger charge is -2.28. The van der Waals surface area contributed by atoms with Crippen LogP contribution < -0.4 is 15.0 Å². The summed E-state index contributed by atoms with van der Waals surface area (Å²) in [5.41, 5.74) is 1.75. The minimum absolute atomic E-state index is 0.0943. The molecule has 7 nitrogen and oxygen atoms in total. The molecule has 0 saturated carbocycles. The van der Waals surface area contributed by atoms with Crippen LogP contribution in [0.4, 0.5) is 5.82 Å². The number of ether oxygens (including phenoxy) is 2. The van der Waals surface area contributed by atoms with Crippen LogP contribution in [-0.2, 0) is 4.74 Å². The van der Waals surface area contributed by atoms with E-state index in [-0.39, 0.29) is 11.9 Å². The van der Waals surface area contributed by atoms with Crippen molar-refractivity contribution in [2.75, 3.05) is 57.9 Å². The third-order valence-electron chi connectivity index (χ3n) is 5.86. The largest absolute Gasteiger partial charge is 0.497 e. The van der Waals surface area contributed by atoms with Gasteiger partial charge in [0.2, 0.25) is 0 Å². The average molecular weight is 411 g/mol. The third kappa shape index (κ3) is 4.91. The Kier molecular flexibility index (Phi) is 6.81. The number of anilines is 1. The van der Waals surface area contributed by atoms with Crippen LogP contribution in [0.15, 0.2) is 42.6 Å². The first-order valence-electron chi connectivity index (χ1n) is 10.7. The fraction of sp³-hybridized carbons (Fsp3) is 0.478. The highest BCUT2D eigenvalue weighted by molar-refractivity contribution is 5.94. The molecule has 3 heterocycles. The van der Waals surface area contributed by atoms with Gasteiger partial charge in [-0.25, -0.2) is 4.98 Å². The van der Waals surface area contributed by atoms with Crippen molar-refractivity contribution in [2.45, 2.75) is 18.9 Å². The van der Waals surface area contributed by atoms with Crippen molar-refractivity contribution in [1.29, 1.82) is 0 Å². The summed E-state index contributed by atoms with van der Waals surface area (Å²) in [6, 6.07) is 12.0. The number of carbonyl (C=O) groups excluding carboxylic acids is 1. The fourth-order valence-corrected chi connectivity index (χ4v) is 4.15. The topological polar surface area (TPSA) is 66.9 Å². The average Bonchev–Trinajstić information content (AvgIpc) is 3.34. The Bertz CT molecular complexity index is 831. The first kappa shape index (κ1) is 20.6. The molecule has 0 radical (unpaired) electrons. The molecule has 30 heavy (non-hydrogen) atoms. The maximum Gasteiger partial charge on any atom is 0.252 e. The van der Waals surface area contributed by atoms with E-state index in [9.17, 15) is 4.79 Å². The van der Waals surface area contributed by atoms with Gasteiger partial charge in [-0.1, -0.05) is 12.1 Å². The van der Waals surface area contributed by atoms with Gasteiger partial charge < -0.3 is 19.7 Å². The van der Waals surface area contributed by atoms with Crippen LogP contribution in [0.2, 0.25) is 0 Å². The Morgan fingerprint density at radius 1 is 1.17 bits per heavy atom. The number of hydrogen-bond donors (Lipinski definition) is 1. The quantitative estimate of drug-likeness (QED) is 0.757. The fourth-order valence-electron chi connectivity index (χ4n) is 4.15. The van der Waals surface area contributed by atoms with Crippen molar-refractivity contribution in [3.05, 3.63) is 53.7 Å². The lowest BCUT2D eigenvalue weighted by Crippen LogP contribution is -2.37. The molecule has 0 spiro atoms. The molecule has 2 aromatic rings. The van der Waals surface area contributed by atoms with Gasteiger partial charge in [0, 0.05) is 25.8 Å². The summed E-state index contributed by atoms with van der Waals surface area (Å²) in [7, 11) is 1.68. The lowest BCUT2D eigenvalue weighted by atomic mass is 10.0. The van der Waals surface area contributed by atoms with Gasteiger partial charge >= 0.3 is 0 Å². The first-order valence-corrected chi connectivity index (χ1v) is 10.7. The number of carbonyl (C=O) groups is 1. The van der Waals surface area contributed by atoms with Gasteiger partial charge in [-0.2, -0.15) is 0 Å². The Morgan fingerprint density at radius 2 is 1.97 bits per heavy atom. The second-order valence-corrected chi connectivity index (χ2v) is 7.75. The van der Waals surface area contributed by atoms with Crippen LogP contribution in [0.1, 0.15) is 34.8 Å². The van der Waals surface area contributed by atoms with E-state index in [1.54, 1.807) is 13.3 Å². The minimum Gasteiger partial charge on any atom is -0.497 e. The molecule has 1 unspecified atom stereocenters. The number of pyridine rings is 1. The van der Waals surface area contributed by atoms with Gasteiger partial charge in [0.1, 0.15) is 11.6 Å². The standard InChI is InChI=1S/C23H30N4O3/c1-29-20-6-4-5-18(15-20)21(26-9-2-3-10-26)17-25-23(28)19-7-8-22(24-16-19)27-11-13-30-14-12-27/h4-8,15-16,21H,2-3,9-14,17H2,1H3,(H,25,28). The molecule has 0 bridgehead atoms. The van der Waals surface area contributed by atoms with E-state index in [2.05, 4.69) is 32.2 Å². The molecule has 7 heteroatoms. The van der Waals surface area contributed by atoms with Crippen molar-refractivity contribution >= 4 is 11.7 Å². The van der Waals surface area contributed by atoms with Gasteiger partial charge in [-0.05, 0) is 55.8 Å². The Hall–Kier alpha value is -2.64. The summed E-state index contributed by atoms with van der Waals surface area (Å²) in [5, 5.41) is 3.12. The van der Waals surface area contributed by atoms with Crippen molar-refractivity contribution < 1.29 is 14.3 Å². The van der Waals surface area contributed by atoms with Crippen LogP contribution in [0.3, 0.4) is 0 Å². The van der Waals surface area contributed by atoms with Crippen LogP contribution in [0.5, 0.6) is 5.75 Å². The van der Waals surface area contributed by atoms with Crippen LogP contribution in [0, 0.1) is 0 Å². The van der Waals surface area contributed by atoms with Gasteiger partial charge in [0.25, 0.3) is 5.91 Å². The maximum absolute atomic E-state index is 12.8. The SMILES string of the molecule is COc1cccc(C(CNC(=O)c2ccc(N3CCOCC3)nc2)N2CCCC2)c1. The van der Waals surface area contributed by atoms with Gasteiger partial charge in [0.05, 0.1) is 31.9 Å². The summed E-state index contributed by atoms with van der Waals surface area (Å²) in [6.45, 7) is 5.74. The molecule has 1 N–H and O–H groups in total. The molecular formula is C23H30N4O3. The molecule has 2 saturated heterocycles. The Labute approximate surface area is 178 Å². The smallest absolute Gasteiger partial charge is 0.252 e. The van der Waals surface area contributed by atoms with E-state index >= 15 is 0 Å². The molecule has 4 rings (SSSR count). The van der Waals surface area contributed by atoms with E-state index < -0.39 is 0 Å². The molecule has 2 aliphatic rings. The van der Waals surface area contributed by atoms with Crippen LogP contribution >= 0.6 is 0 Å². The number of methoxy groups -OCH3 is 1. The Balaban J connectivity index is 1.41. The number of amides is 1. The van der Waals surface area contributed by atoms with Crippen molar-refractivity contribution in [3.8, 4) is 5.75 Å². The summed E-state index contributed by atoms with van der Waals surface area (Å²) < 4.78 is 10.8. The Morgan fingerprint density at radius 3 is 2.67 bits per heavy atom. The number of morpholine rings is 1. The van der Waals surface area contributed by atoms with Gasteiger partial charge in [0.15, 0.2) is 0 Å². The monoisotopic (exact) mass is 410 g/mol. The number of hydrogen-bond acceptors (Lipinski definition) is 6. The van der Waals surface area contributed by atoms with E-state index in [4.69, 9.17) is 9.47 Å². The van der Waals surface area contributed by atoms with E-state index in [0.29, 0.717) is 25.3 Å². The number of benzene rings is 1. The lowest BCUT2D eigenvalue weighted by molar-refractivity contribution is 0.0937. The van der Waals surface area contributed by atoms with E-state index in [1.807, 2.05) is 24.3 Å². The highest BCUT2D eigenvalue weighted by atomic mass is 16.5. The van der Waals surface area contributed by atoms with Crippen molar-refractivity contribution in [1.82, 2.24) is 15.2 Å². The summed E-state index contributed by atoms with van der Waals surface area (Å²) in [4.78, 5) is 21.9. The summed E-state index contributed by atoms with van der Waals surface area (Å²) in [5.74, 6) is 1.63. The van der Waals surface area contributed by atoms with E-state index in [0.717, 1.165) is 43.3 Å². The van der Waals surface area contributed by atoms with Crippen molar-refractivity contribution in [3.63, 3.8) is 0 Å². The molecule has 160 valence electrons. The highest BCUT2D eigenvalue weighted by Crippen LogP contribution is 2.27. The van der Waals surface area contributed by atoms with Crippen LogP contribution in [0.25, 0.3) is 0 Å². The summed E-state index contributed by atoms with van der Waals surface area (Å²) in [6.07, 6.45) is 4.05. The zero-order valence-electron chi connectivity index (χ0n) is 17.5. The molecule has 1 aromatic heterocycles. The van der Waals surface area contributed by atoms with Gasteiger partial charge in [-0.3, -0.25) is 9.69 Å². The molecule has 1 aromatic carbocycles. The molecular weight excluding hydrogens is 380 g/mol. The van der Waals surface area contributed by atoms with Crippen LogP contribution in [-0.4, -0.2) is 68.8 Å². The van der Waals surface area contributed by atoms with E-state index in [1.165, 1.54) is 12.8 Å². The second-order valence-electron chi connectivity index (χ2n) is 7.75. The highest BCUT2D eigenvalue weighted by Gasteiger charge is 2.24. The second kappa shape index (κ2) is 9.91. The van der Waals surface area contributed by atoms with Gasteiger partial charge in [-0.15, -0.1) is 0 Å². The zero-order valence-corrected chi connectivity index (χ0v) is 17.5. The first-order chi connectivity index (χ1) is 14.7. The molecule has 1 amide bonds. The molecule has 1 atom stereocenters. The minimum atomic E-state index is -0.0943. The molecule has 2 fully saturated rings. The molecule has 0 aliphatic carbocycles. The number of nitrogens with zero attached hydrogens (tertiary/aromatic N) is 3. The number of rotatable bonds is 7. The predicted octanol–water partition coefficient (Wildman–Crippen LogP) is 2.49. The van der Waals surface area contributed by atoms with Crippen molar-refractivity contribution in [2.24, 2.45) is 0 Å². The number of likely N-dealkylation sites (tertiary alicyclic amines) is 1. The third-order valence-corrected chi connectivity index (χ3v) is 5.86. The predicted molar refractivity (Wildman–Crippen MR) is 116 cm³/mol. The number of nitrogens with one attached hydrogen (secondary N) is 1. The number of aromatic nitrogens is 1. The molecule has 2 aliphatic heterocycles. The zero-order chi connectivity index (χ0) is 20.8.